The number of nitrogens with zero attached hydrogens (tertiary/aromatic N) is 1. The molecule has 0 saturated carbocycles. The third-order valence-electron chi connectivity index (χ3n) is 2.16. The van der Waals surface area contributed by atoms with Gasteiger partial charge in [-0.2, -0.15) is 0 Å². The SMILES string of the molecule is COC(=O)C(O)Cc1c(Br)cccc1[N+](=O)[O-]. The Bertz CT molecular complexity index is 448. The lowest BCUT2D eigenvalue weighted by atomic mass is 10.1. The Kier molecular flexibility index (Phi) is 4.59. The van der Waals surface area contributed by atoms with Gasteiger partial charge in [-0.3, -0.25) is 10.1 Å². The number of esters is 1. The van der Waals surface area contributed by atoms with Gasteiger partial charge in [0.25, 0.3) is 5.69 Å². The number of carbonyl (C=O) groups is 1. The molecular weight excluding hydrogens is 294 g/mol. The molecule has 0 aliphatic carbocycles. The first-order valence-corrected chi connectivity index (χ1v) is 5.44. The molecule has 0 spiro atoms. The average Bonchev–Trinajstić information content (AvgIpc) is 2.30. The Hall–Kier alpha value is -1.47. The van der Waals surface area contributed by atoms with E-state index in [1.165, 1.54) is 12.1 Å². The van der Waals surface area contributed by atoms with Crippen molar-refractivity contribution in [2.24, 2.45) is 0 Å². The first-order chi connectivity index (χ1) is 7.97. The maximum Gasteiger partial charge on any atom is 0.335 e. The number of methoxy groups -OCH3 is 1. The molecule has 0 fully saturated rings. The van der Waals surface area contributed by atoms with Crippen LogP contribution in [0.3, 0.4) is 0 Å². The Labute approximate surface area is 105 Å². The standard InChI is InChI=1S/C10H10BrNO5/c1-17-10(14)9(13)5-6-7(11)3-2-4-8(6)12(15)16/h2-4,9,13H,5H2,1H3. The molecule has 0 saturated heterocycles. The molecule has 17 heavy (non-hydrogen) atoms. The van der Waals surface area contributed by atoms with Gasteiger partial charge in [0.2, 0.25) is 0 Å². The summed E-state index contributed by atoms with van der Waals surface area (Å²) < 4.78 is 4.82. The van der Waals surface area contributed by atoms with E-state index < -0.39 is 17.0 Å². The molecule has 1 aromatic carbocycles. The molecule has 0 aromatic heterocycles. The van der Waals surface area contributed by atoms with Crippen LogP contribution in [0.5, 0.6) is 0 Å². The maximum atomic E-state index is 11.1. The van der Waals surface area contributed by atoms with E-state index in [-0.39, 0.29) is 17.7 Å². The summed E-state index contributed by atoms with van der Waals surface area (Å²) in [6, 6.07) is 4.42. The van der Waals surface area contributed by atoms with Crippen LogP contribution in [0.15, 0.2) is 22.7 Å². The number of benzene rings is 1. The maximum absolute atomic E-state index is 11.1. The summed E-state index contributed by atoms with van der Waals surface area (Å²) in [4.78, 5) is 21.3. The van der Waals surface area contributed by atoms with Gasteiger partial charge in [-0.25, -0.2) is 4.79 Å². The highest BCUT2D eigenvalue weighted by molar-refractivity contribution is 9.10. The van der Waals surface area contributed by atoms with E-state index in [4.69, 9.17) is 0 Å². The number of ether oxygens (including phenoxy) is 1. The third-order valence-corrected chi connectivity index (χ3v) is 2.90. The highest BCUT2D eigenvalue weighted by Crippen LogP contribution is 2.27. The summed E-state index contributed by atoms with van der Waals surface area (Å²) in [6.45, 7) is 0. The van der Waals surface area contributed by atoms with Crippen LogP contribution in [0.1, 0.15) is 5.56 Å². The van der Waals surface area contributed by atoms with Crippen LogP contribution in [-0.2, 0) is 16.0 Å². The fourth-order valence-corrected chi connectivity index (χ4v) is 1.85. The molecular formula is C10H10BrNO5. The average molecular weight is 304 g/mol. The van der Waals surface area contributed by atoms with Crippen LogP contribution >= 0.6 is 15.9 Å². The van der Waals surface area contributed by atoms with E-state index in [1.54, 1.807) is 6.07 Å². The summed E-state index contributed by atoms with van der Waals surface area (Å²) >= 11 is 3.15. The van der Waals surface area contributed by atoms with Gasteiger partial charge in [0.05, 0.1) is 12.0 Å². The van der Waals surface area contributed by atoms with Gasteiger partial charge in [-0.05, 0) is 6.07 Å². The summed E-state index contributed by atoms with van der Waals surface area (Å²) in [7, 11) is 1.14. The molecule has 0 amide bonds. The van der Waals surface area contributed by atoms with Crippen molar-refractivity contribution in [2.75, 3.05) is 7.11 Å². The monoisotopic (exact) mass is 303 g/mol. The van der Waals surface area contributed by atoms with Gasteiger partial charge in [0.1, 0.15) is 0 Å². The van der Waals surface area contributed by atoms with Crippen LogP contribution < -0.4 is 0 Å². The van der Waals surface area contributed by atoms with Crippen LogP contribution in [-0.4, -0.2) is 29.2 Å². The quantitative estimate of drug-likeness (QED) is 0.516. The van der Waals surface area contributed by atoms with Crippen LogP contribution in [0.4, 0.5) is 5.69 Å². The number of halogens is 1. The summed E-state index contributed by atoms with van der Waals surface area (Å²) in [5, 5.41) is 20.3. The Morgan fingerprint density at radius 1 is 1.65 bits per heavy atom. The molecule has 1 rings (SSSR count). The number of hydrogen-bond acceptors (Lipinski definition) is 5. The van der Waals surface area contributed by atoms with Crippen molar-refractivity contribution in [3.63, 3.8) is 0 Å². The van der Waals surface area contributed by atoms with Crippen molar-refractivity contribution in [2.45, 2.75) is 12.5 Å². The number of nitro benzene ring substituents is 1. The highest BCUT2D eigenvalue weighted by Gasteiger charge is 2.23. The molecule has 0 aliphatic heterocycles. The molecule has 0 heterocycles. The smallest absolute Gasteiger partial charge is 0.335 e. The lowest BCUT2D eigenvalue weighted by molar-refractivity contribution is -0.385. The predicted molar refractivity (Wildman–Crippen MR) is 62.5 cm³/mol. The van der Waals surface area contributed by atoms with Crippen LogP contribution in [0, 0.1) is 10.1 Å². The Balaban J connectivity index is 3.05. The first kappa shape index (κ1) is 13.6. The van der Waals surface area contributed by atoms with E-state index in [0.29, 0.717) is 4.47 Å². The minimum absolute atomic E-state index is 0.151. The van der Waals surface area contributed by atoms with Gasteiger partial charge in [0.15, 0.2) is 6.10 Å². The lowest BCUT2D eigenvalue weighted by Crippen LogP contribution is -2.24. The molecule has 1 N–H and O–H groups in total. The molecule has 0 bridgehead atoms. The van der Waals surface area contributed by atoms with Gasteiger partial charge < -0.3 is 9.84 Å². The molecule has 92 valence electrons. The van der Waals surface area contributed by atoms with Crippen molar-refractivity contribution >= 4 is 27.6 Å². The van der Waals surface area contributed by atoms with Crippen LogP contribution in [0.2, 0.25) is 0 Å². The molecule has 1 atom stereocenters. The summed E-state index contributed by atoms with van der Waals surface area (Å²) in [5.41, 5.74) is 0.109. The predicted octanol–water partition coefficient (Wildman–Crippen LogP) is 1.43. The van der Waals surface area contributed by atoms with Gasteiger partial charge in [-0.1, -0.05) is 22.0 Å². The number of nitro groups is 1. The normalized spacial score (nSPS) is 11.9. The number of hydrogen-bond donors (Lipinski definition) is 1. The minimum atomic E-state index is -1.42. The fourth-order valence-electron chi connectivity index (χ4n) is 1.33. The van der Waals surface area contributed by atoms with Gasteiger partial charge in [-0.15, -0.1) is 0 Å². The topological polar surface area (TPSA) is 89.7 Å². The molecule has 1 unspecified atom stereocenters. The minimum Gasteiger partial charge on any atom is -0.467 e. The van der Waals surface area contributed by atoms with Crippen molar-refractivity contribution in [1.29, 1.82) is 0 Å². The van der Waals surface area contributed by atoms with E-state index in [9.17, 15) is 20.0 Å². The Morgan fingerprint density at radius 2 is 2.29 bits per heavy atom. The molecule has 1 aromatic rings. The molecule has 0 radical (unpaired) electrons. The first-order valence-electron chi connectivity index (χ1n) is 4.65. The lowest BCUT2D eigenvalue weighted by Gasteiger charge is -2.09. The number of aliphatic hydroxyl groups excluding tert-OH is 1. The van der Waals surface area contributed by atoms with Crippen molar-refractivity contribution in [3.05, 3.63) is 38.3 Å². The van der Waals surface area contributed by atoms with E-state index in [1.807, 2.05) is 0 Å². The highest BCUT2D eigenvalue weighted by atomic mass is 79.9. The van der Waals surface area contributed by atoms with Crippen molar-refractivity contribution in [3.8, 4) is 0 Å². The van der Waals surface area contributed by atoms with Gasteiger partial charge in [0, 0.05) is 22.5 Å². The van der Waals surface area contributed by atoms with E-state index in [0.717, 1.165) is 7.11 Å². The zero-order valence-electron chi connectivity index (χ0n) is 8.92. The number of carbonyl (C=O) groups excluding carboxylic acids is 1. The van der Waals surface area contributed by atoms with Gasteiger partial charge >= 0.3 is 5.97 Å². The number of aliphatic hydroxyl groups is 1. The van der Waals surface area contributed by atoms with Crippen LogP contribution in [0.25, 0.3) is 0 Å². The summed E-state index contributed by atoms with van der Waals surface area (Å²) in [5.74, 6) is -0.824. The molecule has 0 aliphatic rings. The van der Waals surface area contributed by atoms with Crippen molar-refractivity contribution < 1.29 is 19.6 Å². The zero-order chi connectivity index (χ0) is 13.0. The second kappa shape index (κ2) is 5.74. The molecule has 6 nitrogen and oxygen atoms in total. The second-order valence-corrected chi connectivity index (χ2v) is 4.09. The second-order valence-electron chi connectivity index (χ2n) is 3.24. The molecule has 7 heteroatoms. The Morgan fingerprint density at radius 3 is 2.82 bits per heavy atom. The fraction of sp³-hybridized carbons (Fsp3) is 0.300. The summed E-state index contributed by atoms with van der Waals surface area (Å²) in [6.07, 6.45) is -1.60. The third kappa shape index (κ3) is 3.24. The number of rotatable bonds is 4. The van der Waals surface area contributed by atoms with E-state index in [2.05, 4.69) is 20.7 Å². The van der Waals surface area contributed by atoms with Crippen molar-refractivity contribution in [1.82, 2.24) is 0 Å². The largest absolute Gasteiger partial charge is 0.467 e. The zero-order valence-corrected chi connectivity index (χ0v) is 10.5. The van der Waals surface area contributed by atoms with E-state index >= 15 is 0 Å².